The van der Waals surface area contributed by atoms with Crippen molar-refractivity contribution in [1.82, 2.24) is 25.1 Å². The second-order valence-corrected chi connectivity index (χ2v) is 5.44. The van der Waals surface area contributed by atoms with Crippen molar-refractivity contribution in [2.75, 3.05) is 0 Å². The molecule has 0 aromatic carbocycles. The number of H-pyrrole nitrogens is 1. The molecular weight excluding hydrogens is 270 g/mol. The maximum absolute atomic E-state index is 8.93. The van der Waals surface area contributed by atoms with E-state index in [9.17, 15) is 0 Å². The van der Waals surface area contributed by atoms with Crippen LogP contribution in [0.25, 0.3) is 10.2 Å². The molecule has 0 saturated heterocycles. The fourth-order valence-electron chi connectivity index (χ4n) is 1.50. The van der Waals surface area contributed by atoms with E-state index in [2.05, 4.69) is 30.5 Å². The van der Waals surface area contributed by atoms with E-state index in [1.165, 1.54) is 11.8 Å². The second-order valence-electron chi connectivity index (χ2n) is 3.60. The van der Waals surface area contributed by atoms with Gasteiger partial charge >= 0.3 is 0 Å². The zero-order valence-corrected chi connectivity index (χ0v) is 11.0. The van der Waals surface area contributed by atoms with Gasteiger partial charge in [-0.05, 0) is 29.6 Å². The summed E-state index contributed by atoms with van der Waals surface area (Å²) < 4.78 is 1.04. The Bertz CT molecular complexity index is 692. The quantitative estimate of drug-likeness (QED) is 0.710. The van der Waals surface area contributed by atoms with Crippen LogP contribution in [0.15, 0.2) is 21.9 Å². The minimum Gasteiger partial charge on any atom is -0.388 e. The zero-order valence-electron chi connectivity index (χ0n) is 9.41. The fourth-order valence-corrected chi connectivity index (χ4v) is 3.36. The second kappa shape index (κ2) is 4.63. The van der Waals surface area contributed by atoms with Crippen LogP contribution in [0.3, 0.4) is 0 Å². The average Bonchev–Trinajstić information content (AvgIpc) is 2.98. The molecule has 0 radical (unpaired) electrons. The molecule has 3 heterocycles. The SMILES string of the molecule is Cc1csc2c(Sc3n[nH]c(CO)n3)ncnc12. The lowest BCUT2D eigenvalue weighted by Crippen LogP contribution is -1.86. The van der Waals surface area contributed by atoms with Crippen molar-refractivity contribution in [3.8, 4) is 0 Å². The summed E-state index contributed by atoms with van der Waals surface area (Å²) in [6.07, 6.45) is 1.55. The lowest BCUT2D eigenvalue weighted by molar-refractivity contribution is 0.271. The Kier molecular flexibility index (Phi) is 2.98. The number of aryl methyl sites for hydroxylation is 1. The summed E-state index contributed by atoms with van der Waals surface area (Å²) in [5.41, 5.74) is 2.11. The van der Waals surface area contributed by atoms with Crippen molar-refractivity contribution in [2.45, 2.75) is 23.7 Å². The van der Waals surface area contributed by atoms with Crippen molar-refractivity contribution in [3.05, 3.63) is 23.1 Å². The highest BCUT2D eigenvalue weighted by molar-refractivity contribution is 7.99. The third-order valence-corrected chi connectivity index (χ3v) is 4.44. The highest BCUT2D eigenvalue weighted by Crippen LogP contribution is 2.33. The first-order valence-corrected chi connectivity index (χ1v) is 6.86. The van der Waals surface area contributed by atoms with Crippen LogP contribution in [0.5, 0.6) is 0 Å². The first-order valence-electron chi connectivity index (χ1n) is 5.16. The van der Waals surface area contributed by atoms with Crippen LogP contribution in [-0.2, 0) is 6.61 Å². The summed E-state index contributed by atoms with van der Waals surface area (Å²) in [7, 11) is 0. The number of fused-ring (bicyclic) bond motifs is 1. The van der Waals surface area contributed by atoms with Gasteiger partial charge in [0.2, 0.25) is 5.16 Å². The number of hydrogen-bond acceptors (Lipinski definition) is 7. The van der Waals surface area contributed by atoms with E-state index in [-0.39, 0.29) is 6.61 Å². The molecule has 0 unspecified atom stereocenters. The number of aliphatic hydroxyl groups is 1. The zero-order chi connectivity index (χ0) is 12.5. The third kappa shape index (κ3) is 1.98. The highest BCUT2D eigenvalue weighted by Gasteiger charge is 2.12. The van der Waals surface area contributed by atoms with Crippen molar-refractivity contribution in [3.63, 3.8) is 0 Å². The number of aromatic nitrogens is 5. The van der Waals surface area contributed by atoms with Crippen LogP contribution in [0, 0.1) is 6.92 Å². The molecule has 18 heavy (non-hydrogen) atoms. The maximum Gasteiger partial charge on any atom is 0.214 e. The molecule has 92 valence electrons. The third-order valence-electron chi connectivity index (χ3n) is 2.35. The Morgan fingerprint density at radius 1 is 1.44 bits per heavy atom. The number of aromatic amines is 1. The van der Waals surface area contributed by atoms with Gasteiger partial charge in [0, 0.05) is 0 Å². The Labute approximate surface area is 111 Å². The Morgan fingerprint density at radius 3 is 3.11 bits per heavy atom. The van der Waals surface area contributed by atoms with Crippen LogP contribution in [0.4, 0.5) is 0 Å². The molecule has 3 aromatic heterocycles. The fraction of sp³-hybridized carbons (Fsp3) is 0.200. The smallest absolute Gasteiger partial charge is 0.214 e. The van der Waals surface area contributed by atoms with Crippen LogP contribution in [0.1, 0.15) is 11.4 Å². The number of hydrogen-bond donors (Lipinski definition) is 2. The van der Waals surface area contributed by atoms with Crippen molar-refractivity contribution < 1.29 is 5.11 Å². The summed E-state index contributed by atoms with van der Waals surface area (Å²) in [6, 6.07) is 0. The number of thiophene rings is 1. The van der Waals surface area contributed by atoms with E-state index in [0.29, 0.717) is 11.0 Å². The largest absolute Gasteiger partial charge is 0.388 e. The van der Waals surface area contributed by atoms with E-state index >= 15 is 0 Å². The van der Waals surface area contributed by atoms with Crippen LogP contribution in [0.2, 0.25) is 0 Å². The molecule has 0 bridgehead atoms. The lowest BCUT2D eigenvalue weighted by Gasteiger charge is -1.97. The molecule has 3 rings (SSSR count). The molecule has 0 fully saturated rings. The van der Waals surface area contributed by atoms with Gasteiger partial charge in [-0.3, -0.25) is 5.10 Å². The highest BCUT2D eigenvalue weighted by atomic mass is 32.2. The number of nitrogens with zero attached hydrogens (tertiary/aromatic N) is 4. The predicted octanol–water partition coefficient (Wildman–Crippen LogP) is 1.76. The molecular formula is C10H9N5OS2. The molecule has 0 aliphatic heterocycles. The molecule has 3 aromatic rings. The Hall–Kier alpha value is -1.51. The lowest BCUT2D eigenvalue weighted by atomic mass is 10.3. The van der Waals surface area contributed by atoms with Gasteiger partial charge in [0.15, 0.2) is 5.82 Å². The predicted molar refractivity (Wildman–Crippen MR) is 68.6 cm³/mol. The number of nitrogens with one attached hydrogen (secondary N) is 1. The number of aliphatic hydroxyl groups excluding tert-OH is 1. The van der Waals surface area contributed by atoms with Gasteiger partial charge in [0.1, 0.15) is 18.0 Å². The van der Waals surface area contributed by atoms with E-state index in [1.807, 2.05) is 6.92 Å². The summed E-state index contributed by atoms with van der Waals surface area (Å²) in [4.78, 5) is 12.6. The van der Waals surface area contributed by atoms with Crippen LogP contribution < -0.4 is 0 Å². The molecule has 6 nitrogen and oxygen atoms in total. The van der Waals surface area contributed by atoms with Gasteiger partial charge < -0.3 is 5.11 Å². The standard InChI is InChI=1S/C10H9N5OS2/c1-5-3-17-8-7(5)11-4-12-9(8)18-10-13-6(2-16)14-15-10/h3-4,16H,2H2,1H3,(H,13,14,15). The van der Waals surface area contributed by atoms with E-state index in [4.69, 9.17) is 5.11 Å². The molecule has 8 heteroatoms. The van der Waals surface area contributed by atoms with Crippen LogP contribution in [-0.4, -0.2) is 30.3 Å². The minimum atomic E-state index is -0.148. The van der Waals surface area contributed by atoms with Gasteiger partial charge in [0.05, 0.1) is 10.2 Å². The van der Waals surface area contributed by atoms with Gasteiger partial charge in [-0.2, -0.15) is 0 Å². The van der Waals surface area contributed by atoms with Gasteiger partial charge in [0.25, 0.3) is 0 Å². The summed E-state index contributed by atoms with van der Waals surface area (Å²) >= 11 is 2.97. The van der Waals surface area contributed by atoms with Gasteiger partial charge in [-0.25, -0.2) is 15.0 Å². The average molecular weight is 279 g/mol. The molecule has 0 spiro atoms. The monoisotopic (exact) mass is 279 g/mol. The maximum atomic E-state index is 8.93. The molecule has 0 amide bonds. The van der Waals surface area contributed by atoms with Gasteiger partial charge in [-0.15, -0.1) is 16.4 Å². The summed E-state index contributed by atoms with van der Waals surface area (Å²) in [5, 5.41) is 19.0. The molecule has 0 aliphatic carbocycles. The normalized spacial score (nSPS) is 11.2. The molecule has 0 atom stereocenters. The van der Waals surface area contributed by atoms with Crippen molar-refractivity contribution in [2.24, 2.45) is 0 Å². The van der Waals surface area contributed by atoms with Crippen molar-refractivity contribution in [1.29, 1.82) is 0 Å². The van der Waals surface area contributed by atoms with E-state index < -0.39 is 0 Å². The summed E-state index contributed by atoms with van der Waals surface area (Å²) in [5.74, 6) is 0.449. The molecule has 0 saturated carbocycles. The topological polar surface area (TPSA) is 87.6 Å². The number of rotatable bonds is 3. The minimum absolute atomic E-state index is 0.148. The molecule has 0 aliphatic rings. The molecule has 2 N–H and O–H groups in total. The van der Waals surface area contributed by atoms with Crippen molar-refractivity contribution >= 4 is 33.3 Å². The van der Waals surface area contributed by atoms with E-state index in [1.54, 1.807) is 17.7 Å². The Morgan fingerprint density at radius 2 is 2.33 bits per heavy atom. The van der Waals surface area contributed by atoms with Crippen LogP contribution >= 0.6 is 23.1 Å². The first kappa shape index (κ1) is 11.6. The first-order chi connectivity index (χ1) is 8.78. The Balaban J connectivity index is 1.99. The van der Waals surface area contributed by atoms with Gasteiger partial charge in [-0.1, -0.05) is 0 Å². The van der Waals surface area contributed by atoms with E-state index in [0.717, 1.165) is 20.8 Å². The summed E-state index contributed by atoms with van der Waals surface area (Å²) in [6.45, 7) is 1.88.